The smallest absolute Gasteiger partial charge is 0.308 e. The van der Waals surface area contributed by atoms with Gasteiger partial charge in [0.15, 0.2) is 0 Å². The highest BCUT2D eigenvalue weighted by Crippen LogP contribution is 2.23. The van der Waals surface area contributed by atoms with E-state index in [-0.39, 0.29) is 5.91 Å². The summed E-state index contributed by atoms with van der Waals surface area (Å²) in [7, 11) is 1.59. The van der Waals surface area contributed by atoms with Crippen LogP contribution >= 0.6 is 11.3 Å². The van der Waals surface area contributed by atoms with Gasteiger partial charge < -0.3 is 14.7 Å². The Morgan fingerprint density at radius 3 is 3.05 bits per heavy atom. The van der Waals surface area contributed by atoms with Crippen LogP contribution in [0.3, 0.4) is 0 Å². The third kappa shape index (κ3) is 3.13. The van der Waals surface area contributed by atoms with Crippen LogP contribution in [0.4, 0.5) is 0 Å². The predicted octanol–water partition coefficient (Wildman–Crippen LogP) is 1.83. The summed E-state index contributed by atoms with van der Waals surface area (Å²) in [6.45, 7) is 1.34. The van der Waals surface area contributed by atoms with Crippen molar-refractivity contribution < 1.29 is 19.4 Å². The summed E-state index contributed by atoms with van der Waals surface area (Å²) >= 11 is 1.38. The molecule has 1 saturated heterocycles. The molecule has 5 nitrogen and oxygen atoms in total. The van der Waals surface area contributed by atoms with Crippen molar-refractivity contribution in [3.05, 3.63) is 21.9 Å². The van der Waals surface area contributed by atoms with E-state index in [9.17, 15) is 9.59 Å². The van der Waals surface area contributed by atoms with Crippen molar-refractivity contribution in [2.45, 2.75) is 19.4 Å². The third-order valence-corrected chi connectivity index (χ3v) is 4.24. The fraction of sp³-hybridized carbons (Fsp3) is 0.538. The molecule has 0 radical (unpaired) electrons. The van der Waals surface area contributed by atoms with E-state index in [1.165, 1.54) is 11.3 Å². The number of ether oxygens (including phenoxy) is 1. The van der Waals surface area contributed by atoms with Crippen LogP contribution < -0.4 is 0 Å². The first-order valence-corrected chi connectivity index (χ1v) is 7.09. The molecule has 104 valence electrons. The quantitative estimate of drug-likeness (QED) is 0.915. The van der Waals surface area contributed by atoms with Gasteiger partial charge in [0.2, 0.25) is 0 Å². The zero-order valence-corrected chi connectivity index (χ0v) is 11.6. The van der Waals surface area contributed by atoms with Gasteiger partial charge in [-0.25, -0.2) is 0 Å². The maximum atomic E-state index is 12.4. The number of piperidine rings is 1. The number of nitrogens with zero attached hydrogens (tertiary/aromatic N) is 1. The Bertz CT molecular complexity index is 471. The molecule has 6 heteroatoms. The van der Waals surface area contributed by atoms with Gasteiger partial charge in [0.1, 0.15) is 0 Å². The second kappa shape index (κ2) is 6.16. The standard InChI is InChI=1S/C13H17NO4S/c1-18-8-10-4-6-19-11(10)12(15)14-5-2-3-9(7-14)13(16)17/h4,6,9H,2-3,5,7-8H2,1H3,(H,16,17)/t9-/m0/s1. The van der Waals surface area contributed by atoms with E-state index in [2.05, 4.69) is 0 Å². The number of methoxy groups -OCH3 is 1. The molecule has 0 bridgehead atoms. The number of carbonyl (C=O) groups excluding carboxylic acids is 1. The van der Waals surface area contributed by atoms with Crippen LogP contribution in [0.2, 0.25) is 0 Å². The normalized spacial score (nSPS) is 19.4. The van der Waals surface area contributed by atoms with E-state index >= 15 is 0 Å². The second-order valence-electron chi connectivity index (χ2n) is 4.64. The van der Waals surface area contributed by atoms with Crippen molar-refractivity contribution in [3.63, 3.8) is 0 Å². The molecule has 2 heterocycles. The molecular weight excluding hydrogens is 266 g/mol. The minimum atomic E-state index is -0.819. The molecule has 1 amide bonds. The lowest BCUT2D eigenvalue weighted by Crippen LogP contribution is -2.42. The molecular formula is C13H17NO4S. The van der Waals surface area contributed by atoms with Crippen molar-refractivity contribution >= 4 is 23.2 Å². The molecule has 1 aliphatic rings. The number of aliphatic carboxylic acids is 1. The lowest BCUT2D eigenvalue weighted by atomic mass is 9.98. The van der Waals surface area contributed by atoms with Crippen molar-refractivity contribution in [1.29, 1.82) is 0 Å². The summed E-state index contributed by atoms with van der Waals surface area (Å²) in [5.74, 6) is -1.34. The number of rotatable bonds is 4. The Labute approximate surface area is 115 Å². The maximum Gasteiger partial charge on any atom is 0.308 e. The maximum absolute atomic E-state index is 12.4. The van der Waals surface area contributed by atoms with Crippen LogP contribution in [0, 0.1) is 5.92 Å². The molecule has 19 heavy (non-hydrogen) atoms. The highest BCUT2D eigenvalue weighted by atomic mass is 32.1. The van der Waals surface area contributed by atoms with E-state index in [0.29, 0.717) is 31.0 Å². The molecule has 1 aliphatic heterocycles. The second-order valence-corrected chi connectivity index (χ2v) is 5.55. The van der Waals surface area contributed by atoms with Crippen molar-refractivity contribution in [1.82, 2.24) is 4.90 Å². The number of hydrogen-bond acceptors (Lipinski definition) is 4. The van der Waals surface area contributed by atoms with Crippen molar-refractivity contribution in [3.8, 4) is 0 Å². The third-order valence-electron chi connectivity index (χ3n) is 3.30. The molecule has 0 aromatic carbocycles. The molecule has 0 spiro atoms. The summed E-state index contributed by atoms with van der Waals surface area (Å²) < 4.78 is 5.07. The zero-order valence-electron chi connectivity index (χ0n) is 10.8. The molecule has 0 saturated carbocycles. The molecule has 1 aromatic rings. The van der Waals surface area contributed by atoms with E-state index < -0.39 is 11.9 Å². The average Bonchev–Trinajstić information content (AvgIpc) is 2.86. The van der Waals surface area contributed by atoms with Gasteiger partial charge in [-0.1, -0.05) is 0 Å². The van der Waals surface area contributed by atoms with Crippen molar-refractivity contribution in [2.75, 3.05) is 20.2 Å². The number of hydrogen-bond donors (Lipinski definition) is 1. The Morgan fingerprint density at radius 1 is 1.58 bits per heavy atom. The van der Waals surface area contributed by atoms with Crippen molar-refractivity contribution in [2.24, 2.45) is 5.92 Å². The lowest BCUT2D eigenvalue weighted by molar-refractivity contribution is -0.143. The van der Waals surface area contributed by atoms with E-state index in [4.69, 9.17) is 9.84 Å². The first kappa shape index (κ1) is 14.0. The number of likely N-dealkylation sites (tertiary alicyclic amines) is 1. The molecule has 0 unspecified atom stereocenters. The van der Waals surface area contributed by atoms with Gasteiger partial charge in [0, 0.05) is 25.8 Å². The highest BCUT2D eigenvalue weighted by molar-refractivity contribution is 7.12. The molecule has 1 fully saturated rings. The fourth-order valence-electron chi connectivity index (χ4n) is 2.30. The summed E-state index contributed by atoms with van der Waals surface area (Å²) in [5.41, 5.74) is 0.870. The summed E-state index contributed by atoms with van der Waals surface area (Å²) in [5, 5.41) is 10.9. The summed E-state index contributed by atoms with van der Waals surface area (Å²) in [4.78, 5) is 25.7. The average molecular weight is 283 g/mol. The van der Waals surface area contributed by atoms with Gasteiger partial charge in [0.25, 0.3) is 5.91 Å². The van der Waals surface area contributed by atoms with Crippen LogP contribution in [0.15, 0.2) is 11.4 Å². The topological polar surface area (TPSA) is 66.8 Å². The first-order chi connectivity index (χ1) is 9.13. The largest absolute Gasteiger partial charge is 0.481 e. The van der Waals surface area contributed by atoms with Crippen LogP contribution in [0.1, 0.15) is 28.1 Å². The SMILES string of the molecule is COCc1ccsc1C(=O)N1CCC[C@H](C(=O)O)C1. The van der Waals surface area contributed by atoms with Gasteiger partial charge in [-0.05, 0) is 24.3 Å². The molecule has 2 rings (SSSR count). The lowest BCUT2D eigenvalue weighted by Gasteiger charge is -2.30. The monoisotopic (exact) mass is 283 g/mol. The Hall–Kier alpha value is -1.40. The van der Waals surface area contributed by atoms with E-state index in [1.54, 1.807) is 12.0 Å². The Balaban J connectivity index is 2.10. The highest BCUT2D eigenvalue weighted by Gasteiger charge is 2.29. The molecule has 1 aromatic heterocycles. The van der Waals surface area contributed by atoms with Crippen LogP contribution in [-0.4, -0.2) is 42.1 Å². The van der Waals surface area contributed by atoms with Gasteiger partial charge in [0.05, 0.1) is 17.4 Å². The van der Waals surface area contributed by atoms with Gasteiger partial charge in [-0.15, -0.1) is 11.3 Å². The number of thiophene rings is 1. The predicted molar refractivity (Wildman–Crippen MR) is 71.3 cm³/mol. The fourth-order valence-corrected chi connectivity index (χ4v) is 3.18. The summed E-state index contributed by atoms with van der Waals surface area (Å²) in [6, 6.07) is 1.88. The van der Waals surface area contributed by atoms with Gasteiger partial charge in [-0.3, -0.25) is 9.59 Å². The number of carboxylic acids is 1. The Kier molecular flexibility index (Phi) is 4.55. The van der Waals surface area contributed by atoms with Gasteiger partial charge >= 0.3 is 5.97 Å². The summed E-state index contributed by atoms with van der Waals surface area (Å²) in [6.07, 6.45) is 1.39. The van der Waals surface area contributed by atoms with Crippen LogP contribution in [0.5, 0.6) is 0 Å². The van der Waals surface area contributed by atoms with Crippen LogP contribution in [-0.2, 0) is 16.1 Å². The minimum absolute atomic E-state index is 0.0759. The van der Waals surface area contributed by atoms with Crippen LogP contribution in [0.25, 0.3) is 0 Å². The number of carbonyl (C=O) groups is 2. The van der Waals surface area contributed by atoms with Gasteiger partial charge in [-0.2, -0.15) is 0 Å². The van der Waals surface area contributed by atoms with E-state index in [0.717, 1.165) is 12.0 Å². The number of carboxylic acid groups (broad SMARTS) is 1. The molecule has 1 atom stereocenters. The first-order valence-electron chi connectivity index (χ1n) is 6.21. The number of amides is 1. The zero-order chi connectivity index (χ0) is 13.8. The van der Waals surface area contributed by atoms with E-state index in [1.807, 2.05) is 11.4 Å². The molecule has 0 aliphatic carbocycles. The molecule has 1 N–H and O–H groups in total. The minimum Gasteiger partial charge on any atom is -0.481 e. The Morgan fingerprint density at radius 2 is 2.37 bits per heavy atom.